The summed E-state index contributed by atoms with van der Waals surface area (Å²) in [7, 11) is 0. The molecule has 2 N–H and O–H groups in total. The molecule has 1 aromatic carbocycles. The number of carbonyl (C=O) groups excluding carboxylic acids is 1. The van der Waals surface area contributed by atoms with Gasteiger partial charge in [0.2, 0.25) is 0 Å². The minimum Gasteiger partial charge on any atom is -0.478 e. The molecule has 0 saturated heterocycles. The number of thiophene rings is 2. The highest BCUT2D eigenvalue weighted by Gasteiger charge is 2.21. The zero-order valence-corrected chi connectivity index (χ0v) is 14.0. The molecule has 1 amide bonds. The molecule has 0 aliphatic heterocycles. The van der Waals surface area contributed by atoms with Gasteiger partial charge in [-0.25, -0.2) is 9.59 Å². The average molecular weight is 359 g/mol. The maximum atomic E-state index is 11.9. The maximum Gasteiger partial charge on any atom is 0.412 e. The van der Waals surface area contributed by atoms with Gasteiger partial charge in [0.05, 0.1) is 0 Å². The summed E-state index contributed by atoms with van der Waals surface area (Å²) in [6.45, 7) is 0.123. The molecule has 0 radical (unpaired) electrons. The Balaban J connectivity index is 1.73. The molecule has 24 heavy (non-hydrogen) atoms. The van der Waals surface area contributed by atoms with Crippen LogP contribution < -0.4 is 5.32 Å². The van der Waals surface area contributed by atoms with Gasteiger partial charge in [0.25, 0.3) is 0 Å². The van der Waals surface area contributed by atoms with Crippen molar-refractivity contribution in [2.24, 2.45) is 0 Å². The molecule has 122 valence electrons. The van der Waals surface area contributed by atoms with Crippen LogP contribution in [-0.4, -0.2) is 17.2 Å². The van der Waals surface area contributed by atoms with E-state index in [1.54, 1.807) is 5.38 Å². The summed E-state index contributed by atoms with van der Waals surface area (Å²) in [6.07, 6.45) is -0.680. The zero-order chi connectivity index (χ0) is 16.9. The van der Waals surface area contributed by atoms with Crippen LogP contribution in [0.1, 0.15) is 15.9 Å². The number of aromatic carboxylic acids is 1. The Morgan fingerprint density at radius 3 is 2.54 bits per heavy atom. The fourth-order valence-corrected chi connectivity index (χ4v) is 3.89. The Morgan fingerprint density at radius 1 is 1.08 bits per heavy atom. The SMILES string of the molecule is O=C(Nc1scc(-c2cccs2)c1C(=O)O)OCc1ccccc1. The lowest BCUT2D eigenvalue weighted by atomic mass is 10.1. The average Bonchev–Trinajstić information content (AvgIpc) is 3.23. The van der Waals surface area contributed by atoms with Crippen LogP contribution in [0.4, 0.5) is 9.80 Å². The number of ether oxygens (including phenoxy) is 1. The number of anilines is 1. The van der Waals surface area contributed by atoms with Crippen molar-refractivity contribution in [3.8, 4) is 10.4 Å². The molecule has 0 saturated carbocycles. The number of carboxylic acids is 1. The smallest absolute Gasteiger partial charge is 0.412 e. The van der Waals surface area contributed by atoms with E-state index in [-0.39, 0.29) is 17.2 Å². The highest BCUT2D eigenvalue weighted by molar-refractivity contribution is 7.17. The standard InChI is InChI=1S/C17H13NO4S2/c19-16(20)14-12(13-7-4-8-23-13)10-24-15(14)18-17(21)22-9-11-5-2-1-3-6-11/h1-8,10H,9H2,(H,18,21)(H,19,20). The van der Waals surface area contributed by atoms with E-state index >= 15 is 0 Å². The van der Waals surface area contributed by atoms with E-state index < -0.39 is 12.1 Å². The van der Waals surface area contributed by atoms with E-state index in [2.05, 4.69) is 5.32 Å². The molecular weight excluding hydrogens is 346 g/mol. The van der Waals surface area contributed by atoms with Crippen molar-refractivity contribution in [3.63, 3.8) is 0 Å². The quantitative estimate of drug-likeness (QED) is 0.678. The Hall–Kier alpha value is -2.64. The Bertz CT molecular complexity index is 841. The number of amides is 1. The third kappa shape index (κ3) is 3.64. The van der Waals surface area contributed by atoms with Crippen LogP contribution in [0.5, 0.6) is 0 Å². The summed E-state index contributed by atoms with van der Waals surface area (Å²) in [4.78, 5) is 24.4. The van der Waals surface area contributed by atoms with E-state index in [1.807, 2.05) is 47.8 Å². The molecule has 0 fully saturated rings. The topological polar surface area (TPSA) is 75.6 Å². The summed E-state index contributed by atoms with van der Waals surface area (Å²) in [5.74, 6) is -1.09. The molecule has 2 heterocycles. The van der Waals surface area contributed by atoms with Gasteiger partial charge in [-0.2, -0.15) is 0 Å². The van der Waals surface area contributed by atoms with Crippen LogP contribution >= 0.6 is 22.7 Å². The van der Waals surface area contributed by atoms with Crippen molar-refractivity contribution in [2.45, 2.75) is 6.61 Å². The molecule has 0 aliphatic rings. The molecule has 5 nitrogen and oxygen atoms in total. The number of carboxylic acid groups (broad SMARTS) is 1. The van der Waals surface area contributed by atoms with E-state index in [9.17, 15) is 14.7 Å². The third-order valence-corrected chi connectivity index (χ3v) is 5.02. The van der Waals surface area contributed by atoms with Gasteiger partial charge in [-0.1, -0.05) is 36.4 Å². The Labute approximate surface area is 146 Å². The van der Waals surface area contributed by atoms with Crippen molar-refractivity contribution in [1.29, 1.82) is 0 Å². The van der Waals surface area contributed by atoms with Gasteiger partial charge in [0, 0.05) is 15.8 Å². The highest BCUT2D eigenvalue weighted by atomic mass is 32.1. The number of nitrogens with one attached hydrogen (secondary N) is 1. The lowest BCUT2D eigenvalue weighted by Gasteiger charge is -2.07. The number of hydrogen-bond donors (Lipinski definition) is 2. The summed E-state index contributed by atoms with van der Waals surface area (Å²) < 4.78 is 5.13. The van der Waals surface area contributed by atoms with Crippen molar-refractivity contribution < 1.29 is 19.4 Å². The van der Waals surface area contributed by atoms with Gasteiger partial charge in [-0.15, -0.1) is 22.7 Å². The first-order chi connectivity index (χ1) is 11.6. The summed E-state index contributed by atoms with van der Waals surface area (Å²) in [6, 6.07) is 13.0. The molecule has 2 aromatic heterocycles. The highest BCUT2D eigenvalue weighted by Crippen LogP contribution is 2.37. The second-order valence-electron chi connectivity index (χ2n) is 4.82. The van der Waals surface area contributed by atoms with Crippen LogP contribution in [0.15, 0.2) is 53.2 Å². The zero-order valence-electron chi connectivity index (χ0n) is 12.4. The molecule has 0 atom stereocenters. The Kier molecular flexibility index (Phi) is 4.93. The fourth-order valence-electron chi connectivity index (χ4n) is 2.13. The number of hydrogen-bond acceptors (Lipinski definition) is 5. The van der Waals surface area contributed by atoms with E-state index in [0.717, 1.165) is 10.4 Å². The number of carbonyl (C=O) groups is 2. The summed E-state index contributed by atoms with van der Waals surface area (Å²) >= 11 is 2.61. The van der Waals surface area contributed by atoms with Crippen LogP contribution in [0.2, 0.25) is 0 Å². The monoisotopic (exact) mass is 359 g/mol. The molecule has 7 heteroatoms. The van der Waals surface area contributed by atoms with Gasteiger partial charge < -0.3 is 9.84 Å². The first-order valence-electron chi connectivity index (χ1n) is 7.01. The second-order valence-corrected chi connectivity index (χ2v) is 6.65. The molecule has 0 unspecified atom stereocenters. The third-order valence-electron chi connectivity index (χ3n) is 3.22. The fraction of sp³-hybridized carbons (Fsp3) is 0.0588. The summed E-state index contributed by atoms with van der Waals surface area (Å²) in [5.41, 5.74) is 1.54. The minimum atomic E-state index is -1.09. The lowest BCUT2D eigenvalue weighted by Crippen LogP contribution is -2.14. The first kappa shape index (κ1) is 16.2. The maximum absolute atomic E-state index is 11.9. The van der Waals surface area contributed by atoms with Gasteiger partial charge in [0.15, 0.2) is 0 Å². The predicted molar refractivity (Wildman–Crippen MR) is 94.8 cm³/mol. The molecule has 0 aliphatic carbocycles. The first-order valence-corrected chi connectivity index (χ1v) is 8.77. The van der Waals surface area contributed by atoms with E-state index in [0.29, 0.717) is 5.56 Å². The van der Waals surface area contributed by atoms with Crippen molar-refractivity contribution >= 4 is 39.7 Å². The van der Waals surface area contributed by atoms with Crippen molar-refractivity contribution in [2.75, 3.05) is 5.32 Å². The second kappa shape index (κ2) is 7.29. The molecule has 0 bridgehead atoms. The van der Waals surface area contributed by atoms with Gasteiger partial charge in [-0.3, -0.25) is 5.32 Å². The van der Waals surface area contributed by atoms with E-state index in [1.165, 1.54) is 22.7 Å². The molecule has 3 rings (SSSR count). The predicted octanol–water partition coefficient (Wildman–Crippen LogP) is 4.92. The molecule has 3 aromatic rings. The minimum absolute atomic E-state index is 0.0825. The largest absolute Gasteiger partial charge is 0.478 e. The number of rotatable bonds is 5. The lowest BCUT2D eigenvalue weighted by molar-refractivity contribution is 0.0699. The van der Waals surface area contributed by atoms with Crippen LogP contribution in [-0.2, 0) is 11.3 Å². The number of benzene rings is 1. The van der Waals surface area contributed by atoms with Gasteiger partial charge in [0.1, 0.15) is 17.2 Å². The molecule has 0 spiro atoms. The van der Waals surface area contributed by atoms with Crippen LogP contribution in [0.25, 0.3) is 10.4 Å². The van der Waals surface area contributed by atoms with Gasteiger partial charge >= 0.3 is 12.1 Å². The van der Waals surface area contributed by atoms with Crippen LogP contribution in [0, 0.1) is 0 Å². The molecular formula is C17H13NO4S2. The van der Waals surface area contributed by atoms with Crippen LogP contribution in [0.3, 0.4) is 0 Å². The van der Waals surface area contributed by atoms with Crippen molar-refractivity contribution in [1.82, 2.24) is 0 Å². The van der Waals surface area contributed by atoms with E-state index in [4.69, 9.17) is 4.74 Å². The normalized spacial score (nSPS) is 10.3. The summed E-state index contributed by atoms with van der Waals surface area (Å²) in [5, 5.41) is 15.9. The van der Waals surface area contributed by atoms with Gasteiger partial charge in [-0.05, 0) is 17.0 Å². The van der Waals surface area contributed by atoms with Crippen molar-refractivity contribution in [3.05, 3.63) is 64.4 Å². The Morgan fingerprint density at radius 2 is 1.88 bits per heavy atom.